The minimum Gasteiger partial charge on any atom is -0.496 e. The van der Waals surface area contributed by atoms with Crippen molar-refractivity contribution in [2.75, 3.05) is 13.4 Å². The highest BCUT2D eigenvalue weighted by molar-refractivity contribution is 7.90. The van der Waals surface area contributed by atoms with Crippen LogP contribution in [0.1, 0.15) is 35.3 Å². The van der Waals surface area contributed by atoms with Crippen LogP contribution in [-0.4, -0.2) is 27.7 Å². The van der Waals surface area contributed by atoms with Crippen LogP contribution in [0.2, 0.25) is 0 Å². The molecule has 24 heavy (non-hydrogen) atoms. The van der Waals surface area contributed by atoms with E-state index in [-0.39, 0.29) is 16.8 Å². The molecule has 0 unspecified atom stereocenters. The minimum atomic E-state index is -3.23. The van der Waals surface area contributed by atoms with Gasteiger partial charge in [0.1, 0.15) is 5.75 Å². The highest BCUT2D eigenvalue weighted by Gasteiger charge is 2.17. The Hall–Kier alpha value is -2.34. The molecule has 0 spiro atoms. The van der Waals surface area contributed by atoms with Crippen molar-refractivity contribution < 1.29 is 17.9 Å². The van der Waals surface area contributed by atoms with Crippen molar-refractivity contribution in [3.8, 4) is 5.75 Å². The maximum absolute atomic E-state index is 12.5. The van der Waals surface area contributed by atoms with Crippen LogP contribution in [0.25, 0.3) is 0 Å². The first kappa shape index (κ1) is 18.0. The lowest BCUT2D eigenvalue weighted by Crippen LogP contribution is -2.28. The van der Waals surface area contributed by atoms with Crippen LogP contribution in [0.15, 0.2) is 53.4 Å². The van der Waals surface area contributed by atoms with Crippen LogP contribution < -0.4 is 10.1 Å². The summed E-state index contributed by atoms with van der Waals surface area (Å²) < 4.78 is 28.3. The van der Waals surface area contributed by atoms with Gasteiger partial charge in [0.05, 0.1) is 23.6 Å². The molecule has 0 radical (unpaired) electrons. The second-order valence-corrected chi connectivity index (χ2v) is 7.49. The number of methoxy groups -OCH3 is 1. The molecule has 2 rings (SSSR count). The van der Waals surface area contributed by atoms with Crippen molar-refractivity contribution in [3.05, 3.63) is 59.7 Å². The third-order valence-electron chi connectivity index (χ3n) is 3.78. The Morgan fingerprint density at radius 3 is 2.29 bits per heavy atom. The standard InChI is InChI=1S/C18H21NO4S/c1-4-16(13-9-11-14(12-10-13)24(3,21)22)19-18(20)15-7-5-6-8-17(15)23-2/h5-12,16H,4H2,1-3H3,(H,19,20)/t16-/m1/s1. The number of nitrogens with one attached hydrogen (secondary N) is 1. The molecule has 0 aliphatic rings. The molecule has 2 aromatic rings. The van der Waals surface area contributed by atoms with Crippen LogP contribution in [0.3, 0.4) is 0 Å². The lowest BCUT2D eigenvalue weighted by molar-refractivity contribution is 0.0932. The molecule has 1 amide bonds. The fraction of sp³-hybridized carbons (Fsp3) is 0.278. The Labute approximate surface area is 142 Å². The van der Waals surface area contributed by atoms with Gasteiger partial charge in [-0.1, -0.05) is 31.2 Å². The predicted octanol–water partition coefficient (Wildman–Crippen LogP) is 2.98. The predicted molar refractivity (Wildman–Crippen MR) is 93.0 cm³/mol. The van der Waals surface area contributed by atoms with E-state index >= 15 is 0 Å². The number of hydrogen-bond donors (Lipinski definition) is 1. The molecule has 0 aromatic heterocycles. The molecule has 128 valence electrons. The Kier molecular flexibility index (Phi) is 5.62. The lowest BCUT2D eigenvalue weighted by atomic mass is 10.0. The van der Waals surface area contributed by atoms with Gasteiger partial charge in [-0.3, -0.25) is 4.79 Å². The molecule has 0 saturated carbocycles. The topological polar surface area (TPSA) is 72.5 Å². The minimum absolute atomic E-state index is 0.212. The third-order valence-corrected chi connectivity index (χ3v) is 4.90. The molecule has 0 bridgehead atoms. The fourth-order valence-corrected chi connectivity index (χ4v) is 3.07. The summed E-state index contributed by atoms with van der Waals surface area (Å²) in [5.74, 6) is 0.281. The number of amides is 1. The van der Waals surface area contributed by atoms with Gasteiger partial charge in [-0.25, -0.2) is 8.42 Å². The van der Waals surface area contributed by atoms with Crippen molar-refractivity contribution in [2.45, 2.75) is 24.3 Å². The third kappa shape index (κ3) is 4.14. The van der Waals surface area contributed by atoms with Gasteiger partial charge in [0, 0.05) is 6.26 Å². The number of carbonyl (C=O) groups excluding carboxylic acids is 1. The molecule has 5 nitrogen and oxygen atoms in total. The smallest absolute Gasteiger partial charge is 0.255 e. The van der Waals surface area contributed by atoms with Gasteiger partial charge in [0.2, 0.25) is 0 Å². The summed E-state index contributed by atoms with van der Waals surface area (Å²) in [4.78, 5) is 12.8. The zero-order valence-electron chi connectivity index (χ0n) is 13.9. The van der Waals surface area contributed by atoms with Crippen LogP contribution >= 0.6 is 0 Å². The van der Waals surface area contributed by atoms with E-state index in [0.717, 1.165) is 5.56 Å². The van der Waals surface area contributed by atoms with Crippen molar-refractivity contribution in [1.82, 2.24) is 5.32 Å². The van der Waals surface area contributed by atoms with E-state index in [4.69, 9.17) is 4.74 Å². The summed E-state index contributed by atoms with van der Waals surface area (Å²) in [6, 6.07) is 13.4. The zero-order valence-corrected chi connectivity index (χ0v) is 14.8. The van der Waals surface area contributed by atoms with Gasteiger partial charge >= 0.3 is 0 Å². The number of carbonyl (C=O) groups is 1. The van der Waals surface area contributed by atoms with E-state index in [1.807, 2.05) is 6.92 Å². The molecule has 0 aliphatic heterocycles. The molecule has 2 aromatic carbocycles. The van der Waals surface area contributed by atoms with Gasteiger partial charge in [-0.05, 0) is 36.2 Å². The summed E-state index contributed by atoms with van der Waals surface area (Å²) in [5, 5.41) is 2.96. The second-order valence-electron chi connectivity index (χ2n) is 5.48. The maximum Gasteiger partial charge on any atom is 0.255 e. The summed E-state index contributed by atoms with van der Waals surface area (Å²) in [6.45, 7) is 1.96. The summed E-state index contributed by atoms with van der Waals surface area (Å²) in [7, 11) is -1.71. The van der Waals surface area contributed by atoms with Crippen LogP contribution in [0, 0.1) is 0 Å². The normalized spacial score (nSPS) is 12.5. The highest BCUT2D eigenvalue weighted by Crippen LogP contribution is 2.22. The van der Waals surface area contributed by atoms with E-state index in [1.165, 1.54) is 13.4 Å². The zero-order chi connectivity index (χ0) is 17.7. The molecule has 0 fully saturated rings. The molecule has 1 N–H and O–H groups in total. The van der Waals surface area contributed by atoms with E-state index in [2.05, 4.69) is 5.32 Å². The molecule has 0 heterocycles. The number of hydrogen-bond acceptors (Lipinski definition) is 4. The van der Waals surface area contributed by atoms with E-state index in [9.17, 15) is 13.2 Å². The van der Waals surface area contributed by atoms with Crippen molar-refractivity contribution >= 4 is 15.7 Å². The van der Waals surface area contributed by atoms with Crippen LogP contribution in [0.5, 0.6) is 5.75 Å². The average Bonchev–Trinajstić information content (AvgIpc) is 2.58. The monoisotopic (exact) mass is 347 g/mol. The van der Waals surface area contributed by atoms with Crippen LogP contribution in [0.4, 0.5) is 0 Å². The Bertz CT molecular complexity index is 813. The van der Waals surface area contributed by atoms with Gasteiger partial charge in [-0.15, -0.1) is 0 Å². The quantitative estimate of drug-likeness (QED) is 0.872. The summed E-state index contributed by atoms with van der Waals surface area (Å²) in [6.07, 6.45) is 1.85. The van der Waals surface area contributed by atoms with Gasteiger partial charge in [0.15, 0.2) is 9.84 Å². The molecule has 0 aliphatic carbocycles. The summed E-state index contributed by atoms with van der Waals surface area (Å²) in [5.41, 5.74) is 1.32. The molecule has 1 atom stereocenters. The van der Waals surface area contributed by atoms with Crippen LogP contribution in [-0.2, 0) is 9.84 Å². The molecular formula is C18H21NO4S. The Morgan fingerprint density at radius 1 is 1.12 bits per heavy atom. The number of benzene rings is 2. The number of para-hydroxylation sites is 1. The first-order chi connectivity index (χ1) is 11.4. The average molecular weight is 347 g/mol. The second kappa shape index (κ2) is 7.49. The largest absolute Gasteiger partial charge is 0.496 e. The molecule has 0 saturated heterocycles. The van der Waals surface area contributed by atoms with E-state index < -0.39 is 9.84 Å². The van der Waals surface area contributed by atoms with Gasteiger partial charge in [0.25, 0.3) is 5.91 Å². The first-order valence-electron chi connectivity index (χ1n) is 7.60. The first-order valence-corrected chi connectivity index (χ1v) is 9.50. The highest BCUT2D eigenvalue weighted by atomic mass is 32.2. The molecule has 6 heteroatoms. The van der Waals surface area contributed by atoms with Gasteiger partial charge in [-0.2, -0.15) is 0 Å². The van der Waals surface area contributed by atoms with Crippen molar-refractivity contribution in [3.63, 3.8) is 0 Å². The number of rotatable bonds is 6. The van der Waals surface area contributed by atoms with Crippen molar-refractivity contribution in [2.24, 2.45) is 0 Å². The van der Waals surface area contributed by atoms with E-state index in [0.29, 0.717) is 17.7 Å². The number of sulfone groups is 1. The lowest BCUT2D eigenvalue weighted by Gasteiger charge is -2.18. The summed E-state index contributed by atoms with van der Waals surface area (Å²) >= 11 is 0. The van der Waals surface area contributed by atoms with Gasteiger partial charge < -0.3 is 10.1 Å². The van der Waals surface area contributed by atoms with E-state index in [1.54, 1.807) is 48.5 Å². The molecular weight excluding hydrogens is 326 g/mol. The Balaban J connectivity index is 2.21. The number of ether oxygens (including phenoxy) is 1. The Morgan fingerprint density at radius 2 is 1.75 bits per heavy atom. The maximum atomic E-state index is 12.5. The SMILES string of the molecule is CC[C@@H](NC(=O)c1ccccc1OC)c1ccc(S(C)(=O)=O)cc1. The van der Waals surface area contributed by atoms with Crippen molar-refractivity contribution in [1.29, 1.82) is 0 Å². The fourth-order valence-electron chi connectivity index (χ4n) is 2.44.